The second-order valence-corrected chi connectivity index (χ2v) is 7.91. The summed E-state index contributed by atoms with van der Waals surface area (Å²) in [6.07, 6.45) is 3.32. The third-order valence-electron chi connectivity index (χ3n) is 3.77. The Morgan fingerprint density at radius 1 is 1.19 bits per heavy atom. The van der Waals surface area contributed by atoms with E-state index in [1.807, 2.05) is 0 Å². The summed E-state index contributed by atoms with van der Waals surface area (Å²) in [5.41, 5.74) is 0. The molecule has 0 aliphatic heterocycles. The lowest BCUT2D eigenvalue weighted by molar-refractivity contribution is 0.281. The predicted molar refractivity (Wildman–Crippen MR) is 87.6 cm³/mol. The summed E-state index contributed by atoms with van der Waals surface area (Å²) in [5, 5.41) is 3.29. The van der Waals surface area contributed by atoms with Gasteiger partial charge in [0.25, 0.3) is 10.2 Å². The first kappa shape index (κ1) is 18.8. The molecule has 0 heterocycles. The summed E-state index contributed by atoms with van der Waals surface area (Å²) in [6, 6.07) is 1.12. The number of hydrogen-bond acceptors (Lipinski definition) is 4. The molecule has 0 aromatic rings. The van der Waals surface area contributed by atoms with E-state index in [0.717, 1.165) is 26.1 Å². The van der Waals surface area contributed by atoms with E-state index in [2.05, 4.69) is 35.7 Å². The molecule has 6 nitrogen and oxygen atoms in total. The van der Waals surface area contributed by atoms with Gasteiger partial charge in [-0.1, -0.05) is 20.8 Å². The van der Waals surface area contributed by atoms with Crippen molar-refractivity contribution in [1.82, 2.24) is 19.2 Å². The Morgan fingerprint density at radius 3 is 2.38 bits per heavy atom. The molecule has 0 bridgehead atoms. The van der Waals surface area contributed by atoms with Gasteiger partial charge in [-0.05, 0) is 32.4 Å². The molecule has 1 aliphatic rings. The maximum absolute atomic E-state index is 12.1. The minimum absolute atomic E-state index is 0.437. The smallest absolute Gasteiger partial charge is 0.279 e. The minimum Gasteiger partial charge on any atom is -0.314 e. The molecule has 0 aromatic carbocycles. The summed E-state index contributed by atoms with van der Waals surface area (Å²) >= 11 is 0. The molecule has 1 aliphatic carbocycles. The average Bonchev–Trinajstić information content (AvgIpc) is 3.23. The van der Waals surface area contributed by atoms with Gasteiger partial charge >= 0.3 is 0 Å². The molecule has 0 amide bonds. The van der Waals surface area contributed by atoms with Gasteiger partial charge in [-0.25, -0.2) is 4.72 Å². The van der Waals surface area contributed by atoms with Gasteiger partial charge in [-0.15, -0.1) is 0 Å². The van der Waals surface area contributed by atoms with Crippen LogP contribution in [0.1, 0.15) is 40.0 Å². The standard InChI is InChI=1S/C14H32N4O2S/c1-5-18(14-7-8-14)12-10-16-21(19,20)17(4)11-6-9-15-13(2)3/h13-16H,5-12H2,1-4H3. The second kappa shape index (κ2) is 9.05. The van der Waals surface area contributed by atoms with Crippen molar-refractivity contribution in [3.8, 4) is 0 Å². The third kappa shape index (κ3) is 7.56. The zero-order chi connectivity index (χ0) is 15.9. The van der Waals surface area contributed by atoms with Gasteiger partial charge in [0.05, 0.1) is 0 Å². The van der Waals surface area contributed by atoms with Crippen molar-refractivity contribution in [2.45, 2.75) is 52.1 Å². The van der Waals surface area contributed by atoms with Gasteiger partial charge in [0.15, 0.2) is 0 Å². The van der Waals surface area contributed by atoms with Crippen LogP contribution in [0, 0.1) is 0 Å². The molecule has 7 heteroatoms. The molecule has 126 valence electrons. The lowest BCUT2D eigenvalue weighted by atomic mass is 10.3. The molecule has 0 spiro atoms. The Kier molecular flexibility index (Phi) is 8.12. The fraction of sp³-hybridized carbons (Fsp3) is 1.00. The summed E-state index contributed by atoms with van der Waals surface area (Å²) in [7, 11) is -1.71. The summed E-state index contributed by atoms with van der Waals surface area (Å²) in [5.74, 6) is 0. The van der Waals surface area contributed by atoms with Gasteiger partial charge < -0.3 is 5.32 Å². The highest BCUT2D eigenvalue weighted by molar-refractivity contribution is 7.87. The normalized spacial score (nSPS) is 16.3. The van der Waals surface area contributed by atoms with E-state index in [1.165, 1.54) is 17.1 Å². The Labute approximate surface area is 130 Å². The van der Waals surface area contributed by atoms with E-state index in [9.17, 15) is 8.42 Å². The number of nitrogens with one attached hydrogen (secondary N) is 2. The van der Waals surface area contributed by atoms with Crippen LogP contribution in [0.25, 0.3) is 0 Å². The Morgan fingerprint density at radius 2 is 1.86 bits per heavy atom. The molecule has 0 radical (unpaired) electrons. The molecular weight excluding hydrogens is 288 g/mol. The van der Waals surface area contributed by atoms with Crippen LogP contribution in [-0.2, 0) is 10.2 Å². The quantitative estimate of drug-likeness (QED) is 0.518. The average molecular weight is 321 g/mol. The van der Waals surface area contributed by atoms with Crippen molar-refractivity contribution >= 4 is 10.2 Å². The molecule has 21 heavy (non-hydrogen) atoms. The zero-order valence-corrected chi connectivity index (χ0v) is 14.7. The highest BCUT2D eigenvalue weighted by atomic mass is 32.2. The largest absolute Gasteiger partial charge is 0.314 e. The maximum Gasteiger partial charge on any atom is 0.279 e. The molecule has 0 unspecified atom stereocenters. The van der Waals surface area contributed by atoms with E-state index < -0.39 is 10.2 Å². The van der Waals surface area contributed by atoms with Crippen LogP contribution in [0.15, 0.2) is 0 Å². The van der Waals surface area contributed by atoms with Crippen molar-refractivity contribution in [1.29, 1.82) is 0 Å². The third-order valence-corrected chi connectivity index (χ3v) is 5.34. The van der Waals surface area contributed by atoms with Crippen LogP contribution in [0.3, 0.4) is 0 Å². The van der Waals surface area contributed by atoms with Gasteiger partial charge in [0.2, 0.25) is 0 Å². The van der Waals surface area contributed by atoms with E-state index in [1.54, 1.807) is 7.05 Å². The van der Waals surface area contributed by atoms with E-state index in [-0.39, 0.29) is 0 Å². The van der Waals surface area contributed by atoms with E-state index >= 15 is 0 Å². The minimum atomic E-state index is -3.34. The summed E-state index contributed by atoms with van der Waals surface area (Å²) in [6.45, 7) is 9.94. The van der Waals surface area contributed by atoms with Gasteiger partial charge in [-0.3, -0.25) is 4.90 Å². The molecular formula is C14H32N4O2S. The summed E-state index contributed by atoms with van der Waals surface area (Å²) < 4.78 is 28.3. The van der Waals surface area contributed by atoms with Crippen LogP contribution in [-0.4, -0.2) is 69.5 Å². The molecule has 1 rings (SSSR count). The Balaban J connectivity index is 2.21. The van der Waals surface area contributed by atoms with E-state index in [0.29, 0.717) is 25.2 Å². The zero-order valence-electron chi connectivity index (χ0n) is 13.9. The molecule has 1 saturated carbocycles. The number of nitrogens with zero attached hydrogens (tertiary/aromatic N) is 2. The van der Waals surface area contributed by atoms with Crippen molar-refractivity contribution < 1.29 is 8.42 Å². The lowest BCUT2D eigenvalue weighted by Crippen LogP contribution is -2.43. The number of rotatable bonds is 12. The van der Waals surface area contributed by atoms with Gasteiger partial charge in [0, 0.05) is 38.8 Å². The first-order valence-electron chi connectivity index (χ1n) is 8.05. The topological polar surface area (TPSA) is 64.7 Å². The van der Waals surface area contributed by atoms with Crippen LogP contribution < -0.4 is 10.0 Å². The van der Waals surface area contributed by atoms with Gasteiger partial charge in [-0.2, -0.15) is 12.7 Å². The molecule has 0 saturated heterocycles. The van der Waals surface area contributed by atoms with Crippen LogP contribution >= 0.6 is 0 Å². The number of hydrogen-bond donors (Lipinski definition) is 2. The highest BCUT2D eigenvalue weighted by Gasteiger charge is 2.27. The van der Waals surface area contributed by atoms with Crippen molar-refractivity contribution in [2.75, 3.05) is 39.8 Å². The summed E-state index contributed by atoms with van der Waals surface area (Å²) in [4.78, 5) is 2.34. The van der Waals surface area contributed by atoms with Crippen LogP contribution in [0.2, 0.25) is 0 Å². The lowest BCUT2D eigenvalue weighted by Gasteiger charge is -2.22. The molecule has 0 aromatic heterocycles. The van der Waals surface area contributed by atoms with Crippen molar-refractivity contribution in [3.05, 3.63) is 0 Å². The molecule has 1 fully saturated rings. The maximum atomic E-state index is 12.1. The first-order chi connectivity index (χ1) is 9.86. The van der Waals surface area contributed by atoms with E-state index in [4.69, 9.17) is 0 Å². The molecule has 0 atom stereocenters. The fourth-order valence-electron chi connectivity index (χ4n) is 2.28. The predicted octanol–water partition coefficient (Wildman–Crippen LogP) is 0.625. The van der Waals surface area contributed by atoms with Crippen LogP contribution in [0.4, 0.5) is 0 Å². The van der Waals surface area contributed by atoms with Crippen molar-refractivity contribution in [2.24, 2.45) is 0 Å². The first-order valence-corrected chi connectivity index (χ1v) is 9.49. The van der Waals surface area contributed by atoms with Gasteiger partial charge in [0.1, 0.15) is 0 Å². The monoisotopic (exact) mass is 320 g/mol. The molecule has 2 N–H and O–H groups in total. The fourth-order valence-corrected chi connectivity index (χ4v) is 3.22. The van der Waals surface area contributed by atoms with Crippen molar-refractivity contribution in [3.63, 3.8) is 0 Å². The number of likely N-dealkylation sites (N-methyl/N-ethyl adjacent to an activating group) is 1. The van der Waals surface area contributed by atoms with Crippen LogP contribution in [0.5, 0.6) is 0 Å². The highest BCUT2D eigenvalue weighted by Crippen LogP contribution is 2.25. The SMILES string of the molecule is CCN(CCNS(=O)(=O)N(C)CCCNC(C)C)C1CC1. The Bertz CT molecular complexity index is 382. The Hall–Kier alpha value is -0.210. The second-order valence-electron chi connectivity index (χ2n) is 6.04.